The number of hydrogen-bond donors (Lipinski definition) is 0. The zero-order chi connectivity index (χ0) is 36.3. The van der Waals surface area contributed by atoms with E-state index in [-0.39, 0.29) is 0 Å². The maximum absolute atomic E-state index is 6.78. The summed E-state index contributed by atoms with van der Waals surface area (Å²) in [6, 6.07) is 55.9. The third kappa shape index (κ3) is 5.58. The van der Waals surface area contributed by atoms with E-state index in [0.717, 1.165) is 91.3 Å². The number of para-hydroxylation sites is 3. The van der Waals surface area contributed by atoms with Crippen LogP contribution in [0.1, 0.15) is 0 Å². The molecule has 0 spiro atoms. The van der Waals surface area contributed by atoms with Crippen molar-refractivity contribution in [2.45, 2.75) is 0 Å². The fourth-order valence-electron chi connectivity index (χ4n) is 7.15. The van der Waals surface area contributed by atoms with Gasteiger partial charge in [-0.1, -0.05) is 121 Å². The van der Waals surface area contributed by atoms with Gasteiger partial charge in [-0.15, -0.1) is 22.7 Å². The molecule has 7 aromatic carbocycles. The van der Waals surface area contributed by atoms with Crippen LogP contribution >= 0.6 is 22.7 Å². The lowest BCUT2D eigenvalue weighted by Crippen LogP contribution is -1.99. The van der Waals surface area contributed by atoms with Crippen LogP contribution in [0.3, 0.4) is 0 Å². The Hall–Kier alpha value is -6.87. The van der Waals surface area contributed by atoms with E-state index in [1.54, 1.807) is 22.7 Å². The molecule has 0 amide bonds. The second kappa shape index (κ2) is 12.9. The van der Waals surface area contributed by atoms with Gasteiger partial charge < -0.3 is 4.42 Å². The molecule has 0 saturated heterocycles. The van der Waals surface area contributed by atoms with Crippen molar-refractivity contribution >= 4 is 65.0 Å². The number of benzene rings is 7. The van der Waals surface area contributed by atoms with Gasteiger partial charge in [0.2, 0.25) is 0 Å². The van der Waals surface area contributed by atoms with Crippen LogP contribution in [0.25, 0.3) is 109 Å². The van der Waals surface area contributed by atoms with Crippen molar-refractivity contribution in [3.63, 3.8) is 0 Å². The monoisotopic (exact) mass is 741 g/mol. The molecule has 0 aliphatic heterocycles. The number of hydrogen-bond acceptors (Lipinski definition) is 8. The minimum Gasteiger partial charge on any atom is -0.455 e. The Labute approximate surface area is 323 Å². The fraction of sp³-hybridized carbons (Fsp3) is 0. The summed E-state index contributed by atoms with van der Waals surface area (Å²) in [6.45, 7) is 0. The van der Waals surface area contributed by atoms with Gasteiger partial charge in [0.05, 0.1) is 26.0 Å². The molecular weight excluding hydrogens is 715 g/mol. The van der Waals surface area contributed by atoms with Crippen LogP contribution in [0.2, 0.25) is 0 Å². The third-order valence-corrected chi connectivity index (χ3v) is 12.0. The average Bonchev–Trinajstić information content (AvgIpc) is 3.99. The number of rotatable bonds is 6. The molecule has 11 rings (SSSR count). The first-order valence-corrected chi connectivity index (χ1v) is 19.5. The highest BCUT2D eigenvalue weighted by molar-refractivity contribution is 7.22. The largest absolute Gasteiger partial charge is 0.455 e. The minimum absolute atomic E-state index is 0.622. The van der Waals surface area contributed by atoms with Crippen molar-refractivity contribution in [3.8, 4) is 66.4 Å². The average molecular weight is 742 g/mol. The number of fused-ring (bicyclic) bond motifs is 5. The van der Waals surface area contributed by atoms with Gasteiger partial charge in [-0.25, -0.2) is 24.9 Å². The summed E-state index contributed by atoms with van der Waals surface area (Å²) in [5, 5.41) is 4.06. The first kappa shape index (κ1) is 31.6. The number of thiazole rings is 2. The molecule has 0 aliphatic carbocycles. The third-order valence-electron chi connectivity index (χ3n) is 9.82. The van der Waals surface area contributed by atoms with E-state index >= 15 is 0 Å². The molecular formula is C47H27N5OS2. The zero-order valence-corrected chi connectivity index (χ0v) is 30.7. The van der Waals surface area contributed by atoms with E-state index in [0.29, 0.717) is 17.5 Å². The lowest BCUT2D eigenvalue weighted by molar-refractivity contribution is 0.671. The Morgan fingerprint density at radius 2 is 0.891 bits per heavy atom. The van der Waals surface area contributed by atoms with Crippen molar-refractivity contribution in [1.82, 2.24) is 24.9 Å². The summed E-state index contributed by atoms with van der Waals surface area (Å²) < 4.78 is 9.00. The summed E-state index contributed by atoms with van der Waals surface area (Å²) in [5.41, 5.74) is 10.6. The van der Waals surface area contributed by atoms with Gasteiger partial charge in [0.1, 0.15) is 21.2 Å². The van der Waals surface area contributed by atoms with E-state index in [4.69, 9.17) is 29.3 Å². The van der Waals surface area contributed by atoms with Gasteiger partial charge in [-0.3, -0.25) is 0 Å². The van der Waals surface area contributed by atoms with Gasteiger partial charge in [-0.2, -0.15) is 0 Å². The number of nitrogens with zero attached hydrogens (tertiary/aromatic N) is 5. The molecule has 0 atom stereocenters. The highest BCUT2D eigenvalue weighted by atomic mass is 32.1. The standard InChI is InChI=1S/C47H27N5OS2/c1-3-12-28(13-4-1)43-50-44(29-14-5-2-6-15-29)52-45(51-43)31-24-25-38-40(27-31)55-46(48-38)32-17-9-16-30(26-32)33-18-10-19-34-35-20-11-21-36(42(35)53-41(33)34)47-49-37-22-7-8-23-39(37)54-47/h1-27H. The lowest BCUT2D eigenvalue weighted by atomic mass is 10.0. The Kier molecular flexibility index (Phi) is 7.43. The van der Waals surface area contributed by atoms with Gasteiger partial charge in [0, 0.05) is 38.6 Å². The van der Waals surface area contributed by atoms with E-state index in [1.807, 2.05) is 72.8 Å². The molecule has 4 aromatic heterocycles. The summed E-state index contributed by atoms with van der Waals surface area (Å²) in [4.78, 5) is 24.8. The van der Waals surface area contributed by atoms with Crippen molar-refractivity contribution in [3.05, 3.63) is 164 Å². The second-order valence-corrected chi connectivity index (χ2v) is 15.3. The summed E-state index contributed by atoms with van der Waals surface area (Å²) >= 11 is 3.35. The van der Waals surface area contributed by atoms with E-state index in [9.17, 15) is 0 Å². The van der Waals surface area contributed by atoms with Crippen LogP contribution in [0.5, 0.6) is 0 Å². The number of aromatic nitrogens is 5. The molecule has 4 heterocycles. The highest BCUT2D eigenvalue weighted by Gasteiger charge is 2.19. The maximum atomic E-state index is 6.78. The molecule has 55 heavy (non-hydrogen) atoms. The van der Waals surface area contributed by atoms with Crippen molar-refractivity contribution < 1.29 is 4.42 Å². The van der Waals surface area contributed by atoms with Crippen LogP contribution in [-0.4, -0.2) is 24.9 Å². The van der Waals surface area contributed by atoms with Gasteiger partial charge >= 0.3 is 0 Å². The molecule has 0 unspecified atom stereocenters. The molecule has 0 fully saturated rings. The molecule has 0 N–H and O–H groups in total. The highest BCUT2D eigenvalue weighted by Crippen LogP contribution is 2.42. The maximum Gasteiger partial charge on any atom is 0.164 e. The molecule has 258 valence electrons. The van der Waals surface area contributed by atoms with Crippen LogP contribution in [-0.2, 0) is 0 Å². The molecule has 0 saturated carbocycles. The molecule has 6 nitrogen and oxygen atoms in total. The fourth-order valence-corrected chi connectivity index (χ4v) is 9.14. The van der Waals surface area contributed by atoms with Crippen LogP contribution < -0.4 is 0 Å². The predicted octanol–water partition coefficient (Wildman–Crippen LogP) is 13.0. The summed E-state index contributed by atoms with van der Waals surface area (Å²) in [7, 11) is 0. The molecule has 11 aromatic rings. The van der Waals surface area contributed by atoms with Crippen LogP contribution in [0.15, 0.2) is 168 Å². The molecule has 0 bridgehead atoms. The molecule has 0 aliphatic rings. The zero-order valence-electron chi connectivity index (χ0n) is 29.0. The molecule has 0 radical (unpaired) electrons. The van der Waals surface area contributed by atoms with Crippen molar-refractivity contribution in [1.29, 1.82) is 0 Å². The van der Waals surface area contributed by atoms with Crippen molar-refractivity contribution in [2.24, 2.45) is 0 Å². The van der Waals surface area contributed by atoms with Gasteiger partial charge in [0.25, 0.3) is 0 Å². The lowest BCUT2D eigenvalue weighted by Gasteiger charge is -2.08. The first-order chi connectivity index (χ1) is 27.2. The molecule has 8 heteroatoms. The Balaban J connectivity index is 0.975. The Morgan fingerprint density at radius 3 is 1.62 bits per heavy atom. The minimum atomic E-state index is 0.622. The van der Waals surface area contributed by atoms with Crippen LogP contribution in [0, 0.1) is 0 Å². The topological polar surface area (TPSA) is 77.6 Å². The quantitative estimate of drug-likeness (QED) is 0.169. The van der Waals surface area contributed by atoms with Crippen molar-refractivity contribution in [2.75, 3.05) is 0 Å². The second-order valence-electron chi connectivity index (χ2n) is 13.3. The smallest absolute Gasteiger partial charge is 0.164 e. The van der Waals surface area contributed by atoms with E-state index < -0.39 is 0 Å². The Morgan fingerprint density at radius 1 is 0.345 bits per heavy atom. The van der Waals surface area contributed by atoms with E-state index in [1.165, 1.54) is 0 Å². The van der Waals surface area contributed by atoms with E-state index in [2.05, 4.69) is 91.0 Å². The Bertz CT molecular complexity index is 3130. The SMILES string of the molecule is c1ccc(-c2nc(-c3ccccc3)nc(-c3ccc4nc(-c5cccc(-c6cccc7c6oc6c(-c8nc9ccccc9s8)cccc67)c5)sc4c3)n2)cc1. The van der Waals surface area contributed by atoms with Gasteiger partial charge in [-0.05, 0) is 48.0 Å². The van der Waals surface area contributed by atoms with Crippen LogP contribution in [0.4, 0.5) is 0 Å². The predicted molar refractivity (Wildman–Crippen MR) is 226 cm³/mol. The van der Waals surface area contributed by atoms with Gasteiger partial charge in [0.15, 0.2) is 17.5 Å². The summed E-state index contributed by atoms with van der Waals surface area (Å²) in [5.74, 6) is 1.90. The summed E-state index contributed by atoms with van der Waals surface area (Å²) in [6.07, 6.45) is 0. The number of furan rings is 1. The normalized spacial score (nSPS) is 11.6. The first-order valence-electron chi connectivity index (χ1n) is 17.9.